The fraction of sp³-hybridized carbons (Fsp3) is 0.647. The summed E-state index contributed by atoms with van der Waals surface area (Å²) in [6.07, 6.45) is 6.54. The first-order valence-corrected chi connectivity index (χ1v) is 8.34. The van der Waals surface area contributed by atoms with Crippen LogP contribution in [0.4, 0.5) is 0 Å². The molecule has 0 saturated heterocycles. The van der Waals surface area contributed by atoms with E-state index < -0.39 is 0 Å². The maximum atomic E-state index is 3.61. The Hall–Kier alpha value is -0.340. The molecule has 0 fully saturated rings. The van der Waals surface area contributed by atoms with Gasteiger partial charge in [0.2, 0.25) is 0 Å². The molecule has 1 N–H and O–H groups in total. The standard InChI is InChI=1S/C17H28BrN/c1-5-7-8-14(6-2)11-17(19-4)15-9-13(3)10-16(18)12-15/h9-10,12,14,17,19H,5-8,11H2,1-4H3. The normalized spacial score (nSPS) is 14.4. The third-order valence-corrected chi connectivity index (χ3v) is 4.39. The van der Waals surface area contributed by atoms with Gasteiger partial charge in [-0.25, -0.2) is 0 Å². The molecule has 0 heterocycles. The molecule has 1 aromatic rings. The van der Waals surface area contributed by atoms with E-state index in [0.29, 0.717) is 6.04 Å². The lowest BCUT2D eigenvalue weighted by Crippen LogP contribution is -2.20. The van der Waals surface area contributed by atoms with Crippen LogP contribution in [0.5, 0.6) is 0 Å². The molecule has 0 amide bonds. The van der Waals surface area contributed by atoms with Crippen LogP contribution in [-0.2, 0) is 0 Å². The number of aryl methyl sites for hydroxylation is 1. The van der Waals surface area contributed by atoms with E-state index in [9.17, 15) is 0 Å². The number of hydrogen-bond acceptors (Lipinski definition) is 1. The summed E-state index contributed by atoms with van der Waals surface area (Å²) in [5.41, 5.74) is 2.73. The summed E-state index contributed by atoms with van der Waals surface area (Å²) in [4.78, 5) is 0. The van der Waals surface area contributed by atoms with Gasteiger partial charge in [-0.15, -0.1) is 0 Å². The van der Waals surface area contributed by atoms with Crippen molar-refractivity contribution in [2.75, 3.05) is 7.05 Å². The van der Waals surface area contributed by atoms with Gasteiger partial charge in [0.15, 0.2) is 0 Å². The molecule has 1 nitrogen and oxygen atoms in total. The zero-order valence-corrected chi connectivity index (χ0v) is 14.4. The van der Waals surface area contributed by atoms with Crippen LogP contribution in [0.2, 0.25) is 0 Å². The van der Waals surface area contributed by atoms with Crippen LogP contribution in [0, 0.1) is 12.8 Å². The second-order valence-electron chi connectivity index (χ2n) is 5.56. The van der Waals surface area contributed by atoms with E-state index in [1.165, 1.54) is 47.7 Å². The SMILES string of the molecule is CCCCC(CC)CC(NC)c1cc(C)cc(Br)c1. The molecule has 2 atom stereocenters. The fourth-order valence-corrected chi connectivity index (χ4v) is 3.33. The third kappa shape index (κ3) is 5.66. The molecule has 0 spiro atoms. The predicted octanol–water partition coefficient (Wildman–Crippen LogP) is 5.62. The van der Waals surface area contributed by atoms with Crippen molar-refractivity contribution in [2.45, 2.75) is 58.9 Å². The smallest absolute Gasteiger partial charge is 0.0320 e. The Bertz CT molecular complexity index is 355. The van der Waals surface area contributed by atoms with Crippen molar-refractivity contribution in [3.8, 4) is 0 Å². The van der Waals surface area contributed by atoms with Gasteiger partial charge in [0.25, 0.3) is 0 Å². The van der Waals surface area contributed by atoms with E-state index in [1.54, 1.807) is 0 Å². The lowest BCUT2D eigenvalue weighted by molar-refractivity contribution is 0.365. The van der Waals surface area contributed by atoms with Crippen molar-refractivity contribution >= 4 is 15.9 Å². The van der Waals surface area contributed by atoms with Crippen molar-refractivity contribution < 1.29 is 0 Å². The maximum absolute atomic E-state index is 3.61. The molecule has 0 bridgehead atoms. The van der Waals surface area contributed by atoms with Crippen LogP contribution in [0.1, 0.15) is 63.1 Å². The number of unbranched alkanes of at least 4 members (excludes halogenated alkanes) is 1. The minimum Gasteiger partial charge on any atom is -0.313 e. The van der Waals surface area contributed by atoms with Gasteiger partial charge in [0.1, 0.15) is 0 Å². The second kappa shape index (κ2) is 8.76. The zero-order valence-electron chi connectivity index (χ0n) is 12.8. The molecule has 0 saturated carbocycles. The highest BCUT2D eigenvalue weighted by Gasteiger charge is 2.16. The van der Waals surface area contributed by atoms with Gasteiger partial charge < -0.3 is 5.32 Å². The number of halogens is 1. The molecule has 2 unspecified atom stereocenters. The molecular formula is C17H28BrN. The van der Waals surface area contributed by atoms with E-state index in [1.807, 2.05) is 0 Å². The third-order valence-electron chi connectivity index (χ3n) is 3.93. The minimum atomic E-state index is 0.470. The Morgan fingerprint density at radius 2 is 1.95 bits per heavy atom. The summed E-state index contributed by atoms with van der Waals surface area (Å²) >= 11 is 3.61. The van der Waals surface area contributed by atoms with E-state index >= 15 is 0 Å². The largest absolute Gasteiger partial charge is 0.313 e. The molecule has 1 aromatic carbocycles. The van der Waals surface area contributed by atoms with Crippen LogP contribution in [-0.4, -0.2) is 7.05 Å². The van der Waals surface area contributed by atoms with Gasteiger partial charge >= 0.3 is 0 Å². The van der Waals surface area contributed by atoms with E-state index in [2.05, 4.69) is 67.3 Å². The van der Waals surface area contributed by atoms with Gasteiger partial charge in [-0.3, -0.25) is 0 Å². The second-order valence-corrected chi connectivity index (χ2v) is 6.47. The molecule has 0 aliphatic carbocycles. The molecule has 2 heteroatoms. The summed E-state index contributed by atoms with van der Waals surface area (Å²) in [5.74, 6) is 0.830. The fourth-order valence-electron chi connectivity index (χ4n) is 2.70. The average molecular weight is 326 g/mol. The Kier molecular flexibility index (Phi) is 7.70. The first kappa shape index (κ1) is 16.7. The molecule has 0 aliphatic rings. The lowest BCUT2D eigenvalue weighted by Gasteiger charge is -2.23. The zero-order chi connectivity index (χ0) is 14.3. The molecule has 108 valence electrons. The van der Waals surface area contributed by atoms with E-state index in [0.717, 1.165) is 5.92 Å². The Morgan fingerprint density at radius 3 is 2.47 bits per heavy atom. The molecule has 19 heavy (non-hydrogen) atoms. The molecule has 0 aromatic heterocycles. The highest BCUT2D eigenvalue weighted by molar-refractivity contribution is 9.10. The molecule has 0 aliphatic heterocycles. The topological polar surface area (TPSA) is 12.0 Å². The van der Waals surface area contributed by atoms with Crippen LogP contribution in [0.3, 0.4) is 0 Å². The van der Waals surface area contributed by atoms with Crippen LogP contribution in [0.25, 0.3) is 0 Å². The monoisotopic (exact) mass is 325 g/mol. The number of nitrogens with one attached hydrogen (secondary N) is 1. The minimum absolute atomic E-state index is 0.470. The van der Waals surface area contributed by atoms with Gasteiger partial charge in [-0.1, -0.05) is 61.5 Å². The van der Waals surface area contributed by atoms with E-state index in [4.69, 9.17) is 0 Å². The quantitative estimate of drug-likeness (QED) is 0.653. The first-order chi connectivity index (χ1) is 9.10. The van der Waals surface area contributed by atoms with Gasteiger partial charge in [0.05, 0.1) is 0 Å². The van der Waals surface area contributed by atoms with Crippen molar-refractivity contribution in [3.63, 3.8) is 0 Å². The maximum Gasteiger partial charge on any atom is 0.0320 e. The highest BCUT2D eigenvalue weighted by atomic mass is 79.9. The predicted molar refractivity (Wildman–Crippen MR) is 88.6 cm³/mol. The summed E-state index contributed by atoms with van der Waals surface area (Å²) in [6.45, 7) is 6.76. The summed E-state index contributed by atoms with van der Waals surface area (Å²) < 4.78 is 1.18. The van der Waals surface area contributed by atoms with Gasteiger partial charge in [-0.05, 0) is 49.6 Å². The van der Waals surface area contributed by atoms with E-state index in [-0.39, 0.29) is 0 Å². The summed E-state index contributed by atoms with van der Waals surface area (Å²) in [7, 11) is 2.08. The number of benzene rings is 1. The first-order valence-electron chi connectivity index (χ1n) is 7.55. The summed E-state index contributed by atoms with van der Waals surface area (Å²) in [5, 5.41) is 3.49. The van der Waals surface area contributed by atoms with Crippen LogP contribution in [0.15, 0.2) is 22.7 Å². The van der Waals surface area contributed by atoms with Crippen LogP contribution < -0.4 is 5.32 Å². The summed E-state index contributed by atoms with van der Waals surface area (Å²) in [6, 6.07) is 7.20. The average Bonchev–Trinajstić information content (AvgIpc) is 2.38. The van der Waals surface area contributed by atoms with Crippen molar-refractivity contribution in [2.24, 2.45) is 5.92 Å². The Labute approximate surface area is 127 Å². The molecule has 1 rings (SSSR count). The van der Waals surface area contributed by atoms with Crippen molar-refractivity contribution in [1.29, 1.82) is 0 Å². The van der Waals surface area contributed by atoms with Crippen LogP contribution >= 0.6 is 15.9 Å². The molecule has 0 radical (unpaired) electrons. The van der Waals surface area contributed by atoms with Crippen molar-refractivity contribution in [1.82, 2.24) is 5.32 Å². The van der Waals surface area contributed by atoms with Gasteiger partial charge in [0, 0.05) is 10.5 Å². The molecular weight excluding hydrogens is 298 g/mol. The Morgan fingerprint density at radius 1 is 1.21 bits per heavy atom. The Balaban J connectivity index is 2.75. The highest BCUT2D eigenvalue weighted by Crippen LogP contribution is 2.28. The lowest BCUT2D eigenvalue weighted by atomic mass is 9.89. The number of rotatable bonds is 8. The van der Waals surface area contributed by atoms with Crippen molar-refractivity contribution in [3.05, 3.63) is 33.8 Å². The van der Waals surface area contributed by atoms with Gasteiger partial charge in [-0.2, -0.15) is 0 Å². The number of hydrogen-bond donors (Lipinski definition) is 1.